The highest BCUT2D eigenvalue weighted by Crippen LogP contribution is 2.06. The predicted octanol–water partition coefficient (Wildman–Crippen LogP) is 1.00. The standard InChI is InChI=1S/C14H21N5/c1-3-8-16-12(5-1)11-15-9-7-14-18-17-13-6-2-4-10-19(13)14/h2,4,6,10,12,15-16H,1,3,5,7-9,11H2. The predicted molar refractivity (Wildman–Crippen MR) is 75.2 cm³/mol. The number of aromatic nitrogens is 3. The Morgan fingerprint density at radius 2 is 2.32 bits per heavy atom. The molecule has 1 atom stereocenters. The molecule has 0 amide bonds. The Kier molecular flexibility index (Phi) is 4.05. The zero-order valence-electron chi connectivity index (χ0n) is 11.2. The van der Waals surface area contributed by atoms with Crippen LogP contribution in [-0.4, -0.2) is 40.3 Å². The van der Waals surface area contributed by atoms with Crippen molar-refractivity contribution in [3.05, 3.63) is 30.2 Å². The third-order valence-electron chi connectivity index (χ3n) is 3.71. The van der Waals surface area contributed by atoms with Crippen molar-refractivity contribution in [1.29, 1.82) is 0 Å². The molecule has 19 heavy (non-hydrogen) atoms. The van der Waals surface area contributed by atoms with Crippen LogP contribution in [0.3, 0.4) is 0 Å². The molecule has 0 aliphatic carbocycles. The summed E-state index contributed by atoms with van der Waals surface area (Å²) in [4.78, 5) is 0. The van der Waals surface area contributed by atoms with Crippen LogP contribution in [0.4, 0.5) is 0 Å². The first-order chi connectivity index (χ1) is 9.43. The molecule has 1 unspecified atom stereocenters. The van der Waals surface area contributed by atoms with Crippen LogP contribution in [0.2, 0.25) is 0 Å². The lowest BCUT2D eigenvalue weighted by Crippen LogP contribution is -2.42. The van der Waals surface area contributed by atoms with Crippen LogP contribution < -0.4 is 10.6 Å². The maximum absolute atomic E-state index is 4.24. The lowest BCUT2D eigenvalue weighted by Gasteiger charge is -2.23. The Hall–Kier alpha value is -1.46. The summed E-state index contributed by atoms with van der Waals surface area (Å²) in [5.41, 5.74) is 0.923. The van der Waals surface area contributed by atoms with Crippen LogP contribution in [0, 0.1) is 0 Å². The first-order valence-corrected chi connectivity index (χ1v) is 7.16. The molecule has 0 bridgehead atoms. The maximum Gasteiger partial charge on any atom is 0.160 e. The van der Waals surface area contributed by atoms with Crippen molar-refractivity contribution in [3.63, 3.8) is 0 Å². The molecule has 0 aromatic carbocycles. The number of fused-ring (bicyclic) bond motifs is 1. The molecule has 0 saturated carbocycles. The van der Waals surface area contributed by atoms with Gasteiger partial charge in [-0.1, -0.05) is 12.5 Å². The molecular weight excluding hydrogens is 238 g/mol. The van der Waals surface area contributed by atoms with E-state index in [1.807, 2.05) is 24.4 Å². The van der Waals surface area contributed by atoms with Gasteiger partial charge in [0, 0.05) is 31.7 Å². The fourth-order valence-corrected chi connectivity index (χ4v) is 2.64. The number of hydrogen-bond acceptors (Lipinski definition) is 4. The van der Waals surface area contributed by atoms with Gasteiger partial charge in [-0.25, -0.2) is 0 Å². The van der Waals surface area contributed by atoms with E-state index < -0.39 is 0 Å². The number of nitrogens with zero attached hydrogens (tertiary/aromatic N) is 3. The second kappa shape index (κ2) is 6.12. The Morgan fingerprint density at radius 1 is 1.32 bits per heavy atom. The third-order valence-corrected chi connectivity index (χ3v) is 3.71. The SMILES string of the molecule is c1ccn2c(CCNCC3CCCCN3)nnc2c1. The second-order valence-corrected chi connectivity index (χ2v) is 5.15. The van der Waals surface area contributed by atoms with E-state index >= 15 is 0 Å². The van der Waals surface area contributed by atoms with Gasteiger partial charge in [-0.3, -0.25) is 4.40 Å². The second-order valence-electron chi connectivity index (χ2n) is 5.15. The lowest BCUT2D eigenvalue weighted by atomic mass is 10.1. The molecule has 1 fully saturated rings. The number of pyridine rings is 1. The summed E-state index contributed by atoms with van der Waals surface area (Å²) in [5, 5.41) is 15.5. The summed E-state index contributed by atoms with van der Waals surface area (Å²) in [6.07, 6.45) is 6.91. The van der Waals surface area contributed by atoms with Crippen LogP contribution in [0.1, 0.15) is 25.1 Å². The van der Waals surface area contributed by atoms with Crippen molar-refractivity contribution >= 4 is 5.65 Å². The molecule has 1 aliphatic rings. The van der Waals surface area contributed by atoms with E-state index in [1.54, 1.807) is 0 Å². The minimum Gasteiger partial charge on any atom is -0.315 e. The zero-order chi connectivity index (χ0) is 12.9. The summed E-state index contributed by atoms with van der Waals surface area (Å²) in [7, 11) is 0. The molecule has 1 aliphatic heterocycles. The van der Waals surface area contributed by atoms with Crippen molar-refractivity contribution in [3.8, 4) is 0 Å². The van der Waals surface area contributed by atoms with E-state index in [9.17, 15) is 0 Å². The normalized spacial score (nSPS) is 19.9. The van der Waals surface area contributed by atoms with Gasteiger partial charge in [0.15, 0.2) is 5.65 Å². The molecule has 2 N–H and O–H groups in total. The fourth-order valence-electron chi connectivity index (χ4n) is 2.64. The Bertz CT molecular complexity index is 515. The molecule has 1 saturated heterocycles. The Morgan fingerprint density at radius 3 is 3.21 bits per heavy atom. The van der Waals surface area contributed by atoms with Crippen molar-refractivity contribution in [2.45, 2.75) is 31.7 Å². The molecule has 102 valence electrons. The van der Waals surface area contributed by atoms with Crippen molar-refractivity contribution in [1.82, 2.24) is 25.2 Å². The van der Waals surface area contributed by atoms with Gasteiger partial charge in [0.25, 0.3) is 0 Å². The van der Waals surface area contributed by atoms with Crippen LogP contribution in [0.5, 0.6) is 0 Å². The van der Waals surface area contributed by atoms with Gasteiger partial charge in [0.1, 0.15) is 5.82 Å². The Labute approximate surface area is 113 Å². The summed E-state index contributed by atoms with van der Waals surface area (Å²) in [5.74, 6) is 1.03. The first kappa shape index (κ1) is 12.6. The van der Waals surface area contributed by atoms with Gasteiger partial charge >= 0.3 is 0 Å². The highest BCUT2D eigenvalue weighted by Gasteiger charge is 2.11. The van der Waals surface area contributed by atoms with E-state index in [1.165, 1.54) is 25.8 Å². The third kappa shape index (κ3) is 3.11. The van der Waals surface area contributed by atoms with E-state index in [0.29, 0.717) is 6.04 Å². The number of rotatable bonds is 5. The lowest BCUT2D eigenvalue weighted by molar-refractivity contribution is 0.384. The summed E-state index contributed by atoms with van der Waals surface area (Å²) in [6.45, 7) is 3.17. The molecule has 2 aromatic rings. The first-order valence-electron chi connectivity index (χ1n) is 7.16. The van der Waals surface area contributed by atoms with Crippen molar-refractivity contribution in [2.75, 3.05) is 19.6 Å². The van der Waals surface area contributed by atoms with Gasteiger partial charge in [-0.05, 0) is 31.5 Å². The molecule has 5 nitrogen and oxygen atoms in total. The number of piperidine rings is 1. The average molecular weight is 259 g/mol. The van der Waals surface area contributed by atoms with Crippen molar-refractivity contribution in [2.24, 2.45) is 0 Å². The molecule has 2 aromatic heterocycles. The quantitative estimate of drug-likeness (QED) is 0.787. The van der Waals surface area contributed by atoms with E-state index in [2.05, 4.69) is 25.2 Å². The summed E-state index contributed by atoms with van der Waals surface area (Å²) >= 11 is 0. The van der Waals surface area contributed by atoms with E-state index in [-0.39, 0.29) is 0 Å². The fraction of sp³-hybridized carbons (Fsp3) is 0.571. The number of nitrogens with one attached hydrogen (secondary N) is 2. The zero-order valence-corrected chi connectivity index (χ0v) is 11.2. The minimum atomic E-state index is 0.642. The maximum atomic E-state index is 4.24. The van der Waals surface area contributed by atoms with Gasteiger partial charge in [-0.15, -0.1) is 10.2 Å². The van der Waals surface area contributed by atoms with Gasteiger partial charge in [0.05, 0.1) is 0 Å². The van der Waals surface area contributed by atoms with Crippen molar-refractivity contribution < 1.29 is 0 Å². The molecule has 0 radical (unpaired) electrons. The molecule has 3 heterocycles. The van der Waals surface area contributed by atoms with Crippen LogP contribution >= 0.6 is 0 Å². The van der Waals surface area contributed by atoms with Gasteiger partial charge in [0.2, 0.25) is 0 Å². The van der Waals surface area contributed by atoms with E-state index in [4.69, 9.17) is 0 Å². The van der Waals surface area contributed by atoms with Gasteiger partial charge in [-0.2, -0.15) is 0 Å². The Balaban J connectivity index is 1.47. The molecule has 5 heteroatoms. The molecule has 3 rings (SSSR count). The van der Waals surface area contributed by atoms with E-state index in [0.717, 1.165) is 31.0 Å². The highest BCUT2D eigenvalue weighted by molar-refractivity contribution is 5.36. The average Bonchev–Trinajstić information content (AvgIpc) is 2.88. The molecule has 0 spiro atoms. The highest BCUT2D eigenvalue weighted by atomic mass is 15.2. The number of hydrogen-bond donors (Lipinski definition) is 2. The van der Waals surface area contributed by atoms with Crippen LogP contribution in [0.25, 0.3) is 5.65 Å². The largest absolute Gasteiger partial charge is 0.315 e. The van der Waals surface area contributed by atoms with Crippen LogP contribution in [0.15, 0.2) is 24.4 Å². The minimum absolute atomic E-state index is 0.642. The smallest absolute Gasteiger partial charge is 0.160 e. The monoisotopic (exact) mass is 259 g/mol. The summed E-state index contributed by atoms with van der Waals surface area (Å²) in [6, 6.07) is 6.62. The summed E-state index contributed by atoms with van der Waals surface area (Å²) < 4.78 is 2.06. The van der Waals surface area contributed by atoms with Gasteiger partial charge < -0.3 is 10.6 Å². The topological polar surface area (TPSA) is 54.2 Å². The molecular formula is C14H21N5. The van der Waals surface area contributed by atoms with Crippen LogP contribution in [-0.2, 0) is 6.42 Å².